The van der Waals surface area contributed by atoms with Crippen LogP contribution in [0.5, 0.6) is 0 Å². The Kier molecular flexibility index (Phi) is 6.42. The number of rotatable bonds is 5. The lowest BCUT2D eigenvalue weighted by Gasteiger charge is -2.30. The van der Waals surface area contributed by atoms with Gasteiger partial charge in [-0.2, -0.15) is 4.31 Å². The molecule has 0 spiro atoms. The van der Waals surface area contributed by atoms with Crippen LogP contribution in [0.2, 0.25) is 10.0 Å². The minimum absolute atomic E-state index is 0.0197. The van der Waals surface area contributed by atoms with Crippen LogP contribution < -0.4 is 5.32 Å². The Morgan fingerprint density at radius 3 is 2.31 bits per heavy atom. The van der Waals surface area contributed by atoms with E-state index in [4.69, 9.17) is 23.2 Å². The molecule has 2 aromatic carbocycles. The van der Waals surface area contributed by atoms with E-state index >= 15 is 0 Å². The second kappa shape index (κ2) is 8.66. The van der Waals surface area contributed by atoms with E-state index in [0.29, 0.717) is 17.9 Å². The molecule has 3 rings (SSSR count). The van der Waals surface area contributed by atoms with Crippen LogP contribution in [0.15, 0.2) is 47.4 Å². The highest BCUT2D eigenvalue weighted by atomic mass is 35.5. The summed E-state index contributed by atoms with van der Waals surface area (Å²) in [5, 5.41) is 14.0. The number of carbonyl (C=O) groups is 1. The molecule has 29 heavy (non-hydrogen) atoms. The van der Waals surface area contributed by atoms with Gasteiger partial charge in [0.2, 0.25) is 15.9 Å². The number of carbonyl (C=O) groups excluding carboxylic acids is 1. The molecule has 0 radical (unpaired) electrons. The van der Waals surface area contributed by atoms with Crippen LogP contribution >= 0.6 is 23.2 Å². The number of nitrogens with zero attached hydrogens (tertiary/aromatic N) is 2. The van der Waals surface area contributed by atoms with Gasteiger partial charge in [-0.15, -0.1) is 0 Å². The lowest BCUT2D eigenvalue weighted by atomic mass is 9.97. The standard InChI is InChI=1S/C18H17Cl2N3O5S/c19-13-1-4-15(5-2-13)29(27,28)22-9-7-12(8-10-22)18(24)21-14-3-6-16(20)17(11-14)23(25)26/h1-6,11-12H,7-10H2,(H,21,24). The number of sulfonamides is 1. The smallest absolute Gasteiger partial charge is 0.289 e. The zero-order chi connectivity index (χ0) is 21.2. The number of nitro groups is 1. The Bertz CT molecular complexity index is 1040. The van der Waals surface area contributed by atoms with Gasteiger partial charge in [-0.1, -0.05) is 23.2 Å². The zero-order valence-corrected chi connectivity index (χ0v) is 17.4. The molecule has 8 nitrogen and oxygen atoms in total. The molecule has 1 fully saturated rings. The Balaban J connectivity index is 1.63. The van der Waals surface area contributed by atoms with Gasteiger partial charge < -0.3 is 5.32 Å². The van der Waals surface area contributed by atoms with Crippen LogP contribution in [0.25, 0.3) is 0 Å². The molecule has 11 heteroatoms. The lowest BCUT2D eigenvalue weighted by Crippen LogP contribution is -2.41. The topological polar surface area (TPSA) is 110 Å². The molecule has 1 aliphatic rings. The third kappa shape index (κ3) is 4.87. The molecule has 2 aromatic rings. The summed E-state index contributed by atoms with van der Waals surface area (Å²) in [5.74, 6) is -0.716. The van der Waals surface area contributed by atoms with E-state index in [-0.39, 0.29) is 40.3 Å². The van der Waals surface area contributed by atoms with E-state index in [1.807, 2.05) is 0 Å². The van der Waals surface area contributed by atoms with Gasteiger partial charge in [0.15, 0.2) is 0 Å². The van der Waals surface area contributed by atoms with E-state index in [0.717, 1.165) is 0 Å². The maximum Gasteiger partial charge on any atom is 0.289 e. The molecule has 0 aliphatic carbocycles. The lowest BCUT2D eigenvalue weighted by molar-refractivity contribution is -0.384. The summed E-state index contributed by atoms with van der Waals surface area (Å²) < 4.78 is 26.8. The van der Waals surface area contributed by atoms with E-state index in [1.54, 1.807) is 0 Å². The number of hydrogen-bond acceptors (Lipinski definition) is 5. The molecular weight excluding hydrogens is 441 g/mol. The summed E-state index contributed by atoms with van der Waals surface area (Å²) in [7, 11) is -3.65. The van der Waals surface area contributed by atoms with Crippen molar-refractivity contribution in [2.75, 3.05) is 18.4 Å². The maximum atomic E-state index is 12.7. The number of benzene rings is 2. The molecule has 0 bridgehead atoms. The zero-order valence-electron chi connectivity index (χ0n) is 15.0. The highest BCUT2D eigenvalue weighted by Crippen LogP contribution is 2.29. The van der Waals surface area contributed by atoms with Crippen molar-refractivity contribution in [3.05, 3.63) is 62.6 Å². The fourth-order valence-electron chi connectivity index (χ4n) is 3.09. The summed E-state index contributed by atoms with van der Waals surface area (Å²) in [6.07, 6.45) is 0.683. The number of piperidine rings is 1. The number of amides is 1. The minimum Gasteiger partial charge on any atom is -0.326 e. The Morgan fingerprint density at radius 2 is 1.72 bits per heavy atom. The predicted molar refractivity (Wildman–Crippen MR) is 110 cm³/mol. The predicted octanol–water partition coefficient (Wildman–Crippen LogP) is 3.94. The molecule has 1 amide bonds. The molecule has 0 saturated carbocycles. The van der Waals surface area contributed by atoms with Crippen LogP contribution in [-0.2, 0) is 14.8 Å². The number of anilines is 1. The Hall–Kier alpha value is -2.20. The van der Waals surface area contributed by atoms with Crippen molar-refractivity contribution in [1.29, 1.82) is 0 Å². The largest absolute Gasteiger partial charge is 0.326 e. The van der Waals surface area contributed by atoms with Gasteiger partial charge in [0.05, 0.1) is 9.82 Å². The first kappa shape index (κ1) is 21.5. The second-order valence-corrected chi connectivity index (χ2v) is 9.33. The molecule has 154 valence electrons. The second-order valence-electron chi connectivity index (χ2n) is 6.54. The average molecular weight is 458 g/mol. The summed E-state index contributed by atoms with van der Waals surface area (Å²) in [4.78, 5) is 23.0. The number of nitro benzene ring substituents is 1. The number of hydrogen-bond donors (Lipinski definition) is 1. The van der Waals surface area contributed by atoms with Crippen LogP contribution in [0, 0.1) is 16.0 Å². The van der Waals surface area contributed by atoms with Gasteiger partial charge in [0, 0.05) is 35.8 Å². The first-order valence-electron chi connectivity index (χ1n) is 8.69. The quantitative estimate of drug-likeness (QED) is 0.539. The molecule has 0 aromatic heterocycles. The molecule has 1 saturated heterocycles. The van der Waals surface area contributed by atoms with Gasteiger partial charge in [0.1, 0.15) is 5.02 Å². The highest BCUT2D eigenvalue weighted by molar-refractivity contribution is 7.89. The van der Waals surface area contributed by atoms with Crippen molar-refractivity contribution < 1.29 is 18.1 Å². The van der Waals surface area contributed by atoms with Crippen molar-refractivity contribution >= 4 is 50.5 Å². The van der Waals surface area contributed by atoms with Gasteiger partial charge in [-0.3, -0.25) is 14.9 Å². The van der Waals surface area contributed by atoms with Crippen LogP contribution in [0.1, 0.15) is 12.8 Å². The van der Waals surface area contributed by atoms with Crippen molar-refractivity contribution in [2.24, 2.45) is 5.92 Å². The third-order valence-electron chi connectivity index (χ3n) is 4.69. The van der Waals surface area contributed by atoms with Crippen molar-refractivity contribution in [3.8, 4) is 0 Å². The normalized spacial score (nSPS) is 15.8. The summed E-state index contributed by atoms with van der Waals surface area (Å²) in [6.45, 7) is 0.396. The number of nitrogens with one attached hydrogen (secondary N) is 1. The summed E-state index contributed by atoms with van der Waals surface area (Å²) >= 11 is 11.6. The molecule has 1 heterocycles. The van der Waals surface area contributed by atoms with Crippen molar-refractivity contribution in [1.82, 2.24) is 4.31 Å². The number of halogens is 2. The SMILES string of the molecule is O=C(Nc1ccc(Cl)c([N+](=O)[O-])c1)C1CCN(S(=O)(=O)c2ccc(Cl)cc2)CC1. The monoisotopic (exact) mass is 457 g/mol. The Morgan fingerprint density at radius 1 is 1.10 bits per heavy atom. The Labute approximate surface area is 177 Å². The fraction of sp³-hybridized carbons (Fsp3) is 0.278. The van der Waals surface area contributed by atoms with E-state index in [2.05, 4.69) is 5.32 Å². The summed E-state index contributed by atoms with van der Waals surface area (Å²) in [5.41, 5.74) is -0.0318. The van der Waals surface area contributed by atoms with Gasteiger partial charge in [-0.05, 0) is 49.2 Å². The first-order chi connectivity index (χ1) is 13.7. The average Bonchev–Trinajstić information content (AvgIpc) is 2.69. The van der Waals surface area contributed by atoms with E-state index < -0.39 is 20.9 Å². The van der Waals surface area contributed by atoms with Crippen LogP contribution in [0.4, 0.5) is 11.4 Å². The van der Waals surface area contributed by atoms with E-state index in [9.17, 15) is 23.3 Å². The third-order valence-corrected chi connectivity index (χ3v) is 7.17. The fourth-order valence-corrected chi connectivity index (χ4v) is 4.87. The molecule has 0 atom stereocenters. The molecular formula is C18H17Cl2N3O5S. The van der Waals surface area contributed by atoms with E-state index in [1.165, 1.54) is 46.8 Å². The molecule has 1 N–H and O–H groups in total. The van der Waals surface area contributed by atoms with Crippen LogP contribution in [-0.4, -0.2) is 36.6 Å². The van der Waals surface area contributed by atoms with Gasteiger partial charge in [-0.25, -0.2) is 8.42 Å². The van der Waals surface area contributed by atoms with Crippen molar-refractivity contribution in [3.63, 3.8) is 0 Å². The highest BCUT2D eigenvalue weighted by Gasteiger charge is 2.32. The summed E-state index contributed by atoms with van der Waals surface area (Å²) in [6, 6.07) is 9.94. The first-order valence-corrected chi connectivity index (χ1v) is 10.9. The minimum atomic E-state index is -3.65. The molecule has 1 aliphatic heterocycles. The van der Waals surface area contributed by atoms with Gasteiger partial charge in [0.25, 0.3) is 5.69 Å². The maximum absolute atomic E-state index is 12.7. The van der Waals surface area contributed by atoms with Gasteiger partial charge >= 0.3 is 0 Å². The molecule has 0 unspecified atom stereocenters. The van der Waals surface area contributed by atoms with Crippen molar-refractivity contribution in [2.45, 2.75) is 17.7 Å². The van der Waals surface area contributed by atoms with Crippen LogP contribution in [0.3, 0.4) is 0 Å².